The van der Waals surface area contributed by atoms with Gasteiger partial charge in [-0.3, -0.25) is 4.79 Å². The first-order valence-electron chi connectivity index (χ1n) is 9.13. The van der Waals surface area contributed by atoms with Gasteiger partial charge < -0.3 is 19.1 Å². The van der Waals surface area contributed by atoms with Crippen LogP contribution >= 0.6 is 0 Å². The van der Waals surface area contributed by atoms with Crippen LogP contribution in [0.3, 0.4) is 0 Å². The maximum Gasteiger partial charge on any atom is 0.222 e. The van der Waals surface area contributed by atoms with Gasteiger partial charge in [-0.25, -0.2) is 0 Å². The van der Waals surface area contributed by atoms with E-state index in [4.69, 9.17) is 14.2 Å². The first-order chi connectivity index (χ1) is 13.0. The van der Waals surface area contributed by atoms with E-state index in [0.29, 0.717) is 36.6 Å². The molecule has 0 aromatic heterocycles. The van der Waals surface area contributed by atoms with Crippen LogP contribution in [-0.2, 0) is 24.2 Å². The van der Waals surface area contributed by atoms with Crippen molar-refractivity contribution < 1.29 is 19.0 Å². The molecule has 1 amide bonds. The van der Waals surface area contributed by atoms with Crippen LogP contribution in [0.25, 0.3) is 0 Å². The van der Waals surface area contributed by atoms with E-state index < -0.39 is 0 Å². The molecule has 2 rings (SSSR count). The van der Waals surface area contributed by atoms with Crippen molar-refractivity contribution in [2.45, 2.75) is 32.7 Å². The second-order valence-corrected chi connectivity index (χ2v) is 6.45. The van der Waals surface area contributed by atoms with Crippen LogP contribution in [0.2, 0.25) is 0 Å². The molecule has 0 aliphatic rings. The number of nitrogens with zero attached hydrogens (tertiary/aromatic N) is 1. The van der Waals surface area contributed by atoms with E-state index in [1.807, 2.05) is 19.2 Å². The van der Waals surface area contributed by atoms with Crippen molar-refractivity contribution in [3.05, 3.63) is 53.1 Å². The fourth-order valence-electron chi connectivity index (χ4n) is 2.96. The largest absolute Gasteiger partial charge is 0.493 e. The lowest BCUT2D eigenvalue weighted by Crippen LogP contribution is -2.26. The molecule has 27 heavy (non-hydrogen) atoms. The Bertz CT molecular complexity index is 730. The normalized spacial score (nSPS) is 10.4. The van der Waals surface area contributed by atoms with Crippen LogP contribution in [0.1, 0.15) is 30.0 Å². The Morgan fingerprint density at radius 3 is 1.93 bits per heavy atom. The lowest BCUT2D eigenvalue weighted by molar-refractivity contribution is -0.130. The molecule has 0 unspecified atom stereocenters. The lowest BCUT2D eigenvalue weighted by atomic mass is 10.1. The Labute approximate surface area is 161 Å². The maximum absolute atomic E-state index is 12.5. The third kappa shape index (κ3) is 5.39. The van der Waals surface area contributed by atoms with E-state index in [1.54, 1.807) is 26.2 Å². The lowest BCUT2D eigenvalue weighted by Gasteiger charge is -2.18. The number of methoxy groups -OCH3 is 3. The van der Waals surface area contributed by atoms with Gasteiger partial charge in [0.05, 0.1) is 21.3 Å². The molecule has 0 aliphatic carbocycles. The highest BCUT2D eigenvalue weighted by Gasteiger charge is 2.15. The SMILES string of the molecule is CCc1ccc(CN(C)C(=O)CCc2cc(OC)c(OC)c(OC)c2)cc1. The van der Waals surface area contributed by atoms with Crippen LogP contribution in [-0.4, -0.2) is 39.2 Å². The molecular weight excluding hydrogens is 342 g/mol. The third-order valence-electron chi connectivity index (χ3n) is 4.63. The molecular formula is C22H29NO4. The second kappa shape index (κ2) is 9.86. The molecule has 5 nitrogen and oxygen atoms in total. The molecule has 0 N–H and O–H groups in total. The number of rotatable bonds is 9. The van der Waals surface area contributed by atoms with Crippen molar-refractivity contribution >= 4 is 5.91 Å². The molecule has 0 spiro atoms. The summed E-state index contributed by atoms with van der Waals surface area (Å²) < 4.78 is 16.1. The molecule has 0 saturated carbocycles. The molecule has 0 aliphatic heterocycles. The Kier molecular flexibility index (Phi) is 7.53. The van der Waals surface area contributed by atoms with Crippen LogP contribution in [0.15, 0.2) is 36.4 Å². The summed E-state index contributed by atoms with van der Waals surface area (Å²) in [6, 6.07) is 12.2. The summed E-state index contributed by atoms with van der Waals surface area (Å²) in [7, 11) is 6.59. The molecule has 2 aromatic rings. The molecule has 0 fully saturated rings. The quantitative estimate of drug-likeness (QED) is 0.671. The molecule has 5 heteroatoms. The summed E-state index contributed by atoms with van der Waals surface area (Å²) in [5.41, 5.74) is 3.41. The number of hydrogen-bond donors (Lipinski definition) is 0. The monoisotopic (exact) mass is 371 g/mol. The summed E-state index contributed by atoms with van der Waals surface area (Å²) in [5.74, 6) is 1.86. The average Bonchev–Trinajstić information content (AvgIpc) is 2.71. The molecule has 0 bridgehead atoms. The van der Waals surface area contributed by atoms with Crippen molar-refractivity contribution in [2.24, 2.45) is 0 Å². The standard InChI is InChI=1S/C22H29NO4/c1-6-16-7-9-17(10-8-16)15-23(2)21(24)12-11-18-13-19(25-3)22(27-5)20(14-18)26-4/h7-10,13-14H,6,11-12,15H2,1-5H3. The van der Waals surface area contributed by atoms with E-state index in [2.05, 4.69) is 31.2 Å². The number of ether oxygens (including phenoxy) is 3. The maximum atomic E-state index is 12.5. The van der Waals surface area contributed by atoms with Crippen LogP contribution in [0.4, 0.5) is 0 Å². The number of hydrogen-bond acceptors (Lipinski definition) is 4. The number of carbonyl (C=O) groups is 1. The Balaban J connectivity index is 1.99. The highest BCUT2D eigenvalue weighted by molar-refractivity contribution is 5.76. The molecule has 0 radical (unpaired) electrons. The Morgan fingerprint density at radius 2 is 1.44 bits per heavy atom. The molecule has 0 atom stereocenters. The molecule has 0 heterocycles. The van der Waals surface area contributed by atoms with Gasteiger partial charge in [-0.1, -0.05) is 31.2 Å². The van der Waals surface area contributed by atoms with Crippen LogP contribution in [0.5, 0.6) is 17.2 Å². The molecule has 0 saturated heterocycles. The zero-order valence-corrected chi connectivity index (χ0v) is 16.9. The van der Waals surface area contributed by atoms with Gasteiger partial charge in [0.1, 0.15) is 0 Å². The van der Waals surface area contributed by atoms with Crippen molar-refractivity contribution in [3.8, 4) is 17.2 Å². The van der Waals surface area contributed by atoms with Crippen LogP contribution in [0, 0.1) is 0 Å². The number of benzene rings is 2. The van der Waals surface area contributed by atoms with E-state index in [0.717, 1.165) is 17.5 Å². The van der Waals surface area contributed by atoms with Crippen molar-refractivity contribution in [1.82, 2.24) is 4.90 Å². The summed E-state index contributed by atoms with van der Waals surface area (Å²) in [6.45, 7) is 2.74. The van der Waals surface area contributed by atoms with Gasteiger partial charge in [0.2, 0.25) is 11.7 Å². The summed E-state index contributed by atoms with van der Waals surface area (Å²) in [5, 5.41) is 0. The van der Waals surface area contributed by atoms with Gasteiger partial charge in [-0.15, -0.1) is 0 Å². The number of carbonyl (C=O) groups excluding carboxylic acids is 1. The van der Waals surface area contributed by atoms with Crippen molar-refractivity contribution in [1.29, 1.82) is 0 Å². The Hall–Kier alpha value is -2.69. The third-order valence-corrected chi connectivity index (χ3v) is 4.63. The molecule has 2 aromatic carbocycles. The minimum Gasteiger partial charge on any atom is -0.493 e. The first kappa shape index (κ1) is 20.6. The van der Waals surface area contributed by atoms with Gasteiger partial charge in [-0.2, -0.15) is 0 Å². The van der Waals surface area contributed by atoms with Gasteiger partial charge >= 0.3 is 0 Å². The summed E-state index contributed by atoms with van der Waals surface area (Å²) >= 11 is 0. The zero-order valence-electron chi connectivity index (χ0n) is 16.9. The summed E-state index contributed by atoms with van der Waals surface area (Å²) in [6.07, 6.45) is 2.04. The van der Waals surface area contributed by atoms with Gasteiger partial charge in [0, 0.05) is 20.0 Å². The zero-order chi connectivity index (χ0) is 19.8. The van der Waals surface area contributed by atoms with Gasteiger partial charge in [-0.05, 0) is 41.7 Å². The molecule has 146 valence electrons. The first-order valence-corrected chi connectivity index (χ1v) is 9.13. The van der Waals surface area contributed by atoms with E-state index in [9.17, 15) is 4.79 Å². The fourth-order valence-corrected chi connectivity index (χ4v) is 2.96. The highest BCUT2D eigenvalue weighted by Crippen LogP contribution is 2.38. The minimum atomic E-state index is 0.100. The number of aryl methyl sites for hydroxylation is 2. The van der Waals surface area contributed by atoms with Gasteiger partial charge in [0.25, 0.3) is 0 Å². The smallest absolute Gasteiger partial charge is 0.222 e. The Morgan fingerprint density at radius 1 is 0.889 bits per heavy atom. The average molecular weight is 371 g/mol. The predicted molar refractivity (Wildman–Crippen MR) is 107 cm³/mol. The van der Waals surface area contributed by atoms with Crippen molar-refractivity contribution in [2.75, 3.05) is 28.4 Å². The van der Waals surface area contributed by atoms with E-state index in [-0.39, 0.29) is 5.91 Å². The highest BCUT2D eigenvalue weighted by atomic mass is 16.5. The number of amides is 1. The topological polar surface area (TPSA) is 48.0 Å². The summed E-state index contributed by atoms with van der Waals surface area (Å²) in [4.78, 5) is 14.3. The van der Waals surface area contributed by atoms with Crippen molar-refractivity contribution in [3.63, 3.8) is 0 Å². The van der Waals surface area contributed by atoms with Crippen LogP contribution < -0.4 is 14.2 Å². The van der Waals surface area contributed by atoms with Gasteiger partial charge in [0.15, 0.2) is 11.5 Å². The van der Waals surface area contributed by atoms with E-state index >= 15 is 0 Å². The second-order valence-electron chi connectivity index (χ2n) is 6.45. The van der Waals surface area contributed by atoms with E-state index in [1.165, 1.54) is 5.56 Å². The minimum absolute atomic E-state index is 0.100. The fraction of sp³-hybridized carbons (Fsp3) is 0.409. The predicted octanol–water partition coefficient (Wildman–Crippen LogP) is 3.87.